The normalized spacial score (nSPS) is 12.7. The first kappa shape index (κ1) is 13.1. The van der Waals surface area contributed by atoms with Gasteiger partial charge in [-0.3, -0.25) is 0 Å². The lowest BCUT2D eigenvalue weighted by Crippen LogP contribution is -2.12. The third-order valence-electron chi connectivity index (χ3n) is 2.97. The minimum atomic E-state index is -0.420. The number of halogens is 2. The molecule has 0 saturated heterocycles. The van der Waals surface area contributed by atoms with E-state index in [-0.39, 0.29) is 11.1 Å². The van der Waals surface area contributed by atoms with Crippen molar-refractivity contribution in [1.29, 1.82) is 0 Å². The van der Waals surface area contributed by atoms with Gasteiger partial charge in [0.05, 0.1) is 5.02 Å². The summed E-state index contributed by atoms with van der Waals surface area (Å²) in [4.78, 5) is 4.23. The zero-order valence-corrected chi connectivity index (χ0v) is 10.9. The minimum absolute atomic E-state index is 0.111. The summed E-state index contributed by atoms with van der Waals surface area (Å²) in [6.45, 7) is 0. The standard InChI is InChI=1S/C13H15ClFN3/c1-18-7-6-17-13(18)5-4-12(16)9-2-3-11(15)10(14)8-9/h2-3,6-8,12H,4-5,16H2,1H3. The fraction of sp³-hybridized carbons (Fsp3) is 0.308. The van der Waals surface area contributed by atoms with Gasteiger partial charge in [0, 0.05) is 31.9 Å². The van der Waals surface area contributed by atoms with Gasteiger partial charge in [0.1, 0.15) is 11.6 Å². The third kappa shape index (κ3) is 2.89. The molecule has 2 N–H and O–H groups in total. The molecule has 1 aromatic carbocycles. The molecule has 0 saturated carbocycles. The highest BCUT2D eigenvalue weighted by molar-refractivity contribution is 6.30. The summed E-state index contributed by atoms with van der Waals surface area (Å²) in [5, 5.41) is 0.111. The van der Waals surface area contributed by atoms with E-state index >= 15 is 0 Å². The Kier molecular flexibility index (Phi) is 3.99. The molecule has 0 bridgehead atoms. The fourth-order valence-electron chi connectivity index (χ4n) is 1.83. The highest BCUT2D eigenvalue weighted by Crippen LogP contribution is 2.22. The molecular weight excluding hydrogens is 253 g/mol. The number of rotatable bonds is 4. The second-order valence-electron chi connectivity index (χ2n) is 4.27. The van der Waals surface area contributed by atoms with Crippen molar-refractivity contribution in [3.05, 3.63) is 52.8 Å². The average molecular weight is 268 g/mol. The molecule has 0 aliphatic carbocycles. The van der Waals surface area contributed by atoms with Gasteiger partial charge in [-0.2, -0.15) is 0 Å². The van der Waals surface area contributed by atoms with Gasteiger partial charge in [-0.1, -0.05) is 17.7 Å². The highest BCUT2D eigenvalue weighted by Gasteiger charge is 2.10. The highest BCUT2D eigenvalue weighted by atomic mass is 35.5. The zero-order chi connectivity index (χ0) is 13.1. The average Bonchev–Trinajstić information content (AvgIpc) is 2.75. The number of imidazole rings is 1. The van der Waals surface area contributed by atoms with Crippen LogP contribution in [0.15, 0.2) is 30.6 Å². The number of aryl methyl sites for hydroxylation is 2. The number of aromatic nitrogens is 2. The molecular formula is C13H15ClFN3. The molecule has 1 atom stereocenters. The summed E-state index contributed by atoms with van der Waals surface area (Å²) < 4.78 is 15.0. The van der Waals surface area contributed by atoms with E-state index < -0.39 is 5.82 Å². The number of hydrogen-bond donors (Lipinski definition) is 1. The lowest BCUT2D eigenvalue weighted by molar-refractivity contribution is 0.609. The molecule has 3 nitrogen and oxygen atoms in total. The van der Waals surface area contributed by atoms with Gasteiger partial charge in [0.2, 0.25) is 0 Å². The van der Waals surface area contributed by atoms with Crippen LogP contribution < -0.4 is 5.73 Å². The van der Waals surface area contributed by atoms with E-state index in [0.717, 1.165) is 24.2 Å². The molecule has 2 aromatic rings. The van der Waals surface area contributed by atoms with Crippen LogP contribution >= 0.6 is 11.6 Å². The predicted molar refractivity (Wildman–Crippen MR) is 69.9 cm³/mol. The molecule has 0 fully saturated rings. The smallest absolute Gasteiger partial charge is 0.141 e. The maximum atomic E-state index is 13.0. The molecule has 96 valence electrons. The van der Waals surface area contributed by atoms with Crippen molar-refractivity contribution in [3.8, 4) is 0 Å². The Hall–Kier alpha value is -1.39. The minimum Gasteiger partial charge on any atom is -0.338 e. The fourth-order valence-corrected chi connectivity index (χ4v) is 2.02. The lowest BCUT2D eigenvalue weighted by Gasteiger charge is -2.12. The quantitative estimate of drug-likeness (QED) is 0.926. The Labute approximate surface area is 110 Å². The number of benzene rings is 1. The van der Waals surface area contributed by atoms with Gasteiger partial charge < -0.3 is 10.3 Å². The van der Waals surface area contributed by atoms with Crippen molar-refractivity contribution in [3.63, 3.8) is 0 Å². The van der Waals surface area contributed by atoms with Gasteiger partial charge in [0.25, 0.3) is 0 Å². The van der Waals surface area contributed by atoms with Crippen LogP contribution in [0.3, 0.4) is 0 Å². The monoisotopic (exact) mass is 267 g/mol. The second-order valence-corrected chi connectivity index (χ2v) is 4.68. The van der Waals surface area contributed by atoms with Crippen LogP contribution in [0.1, 0.15) is 23.9 Å². The summed E-state index contributed by atoms with van der Waals surface area (Å²) in [5.74, 6) is 0.565. The summed E-state index contributed by atoms with van der Waals surface area (Å²) in [6.07, 6.45) is 5.18. The Bertz CT molecular complexity index is 539. The number of hydrogen-bond acceptors (Lipinski definition) is 2. The molecule has 5 heteroatoms. The van der Waals surface area contributed by atoms with Crippen LogP contribution in [0.5, 0.6) is 0 Å². The van der Waals surface area contributed by atoms with Gasteiger partial charge in [-0.05, 0) is 24.1 Å². The van der Waals surface area contributed by atoms with Crippen molar-refractivity contribution in [2.75, 3.05) is 0 Å². The van der Waals surface area contributed by atoms with E-state index in [4.69, 9.17) is 17.3 Å². The third-order valence-corrected chi connectivity index (χ3v) is 3.26. The predicted octanol–water partition coefficient (Wildman–Crippen LogP) is 2.85. The van der Waals surface area contributed by atoms with Crippen LogP contribution in [-0.2, 0) is 13.5 Å². The van der Waals surface area contributed by atoms with E-state index in [1.54, 1.807) is 18.3 Å². The Morgan fingerprint density at radius 3 is 2.89 bits per heavy atom. The van der Waals surface area contributed by atoms with Crippen LogP contribution in [0.2, 0.25) is 5.02 Å². The molecule has 0 aliphatic heterocycles. The van der Waals surface area contributed by atoms with E-state index in [0.29, 0.717) is 0 Å². The summed E-state index contributed by atoms with van der Waals surface area (Å²) in [7, 11) is 1.95. The van der Waals surface area contributed by atoms with Gasteiger partial charge in [-0.25, -0.2) is 9.37 Å². The summed E-state index contributed by atoms with van der Waals surface area (Å²) >= 11 is 5.74. The number of nitrogens with zero attached hydrogens (tertiary/aromatic N) is 2. The van der Waals surface area contributed by atoms with Crippen LogP contribution in [0, 0.1) is 5.82 Å². The molecule has 1 aromatic heterocycles. The maximum absolute atomic E-state index is 13.0. The first-order valence-electron chi connectivity index (χ1n) is 5.74. The molecule has 0 spiro atoms. The Balaban J connectivity index is 2.01. The number of nitrogens with two attached hydrogens (primary N) is 1. The molecule has 18 heavy (non-hydrogen) atoms. The Morgan fingerprint density at radius 2 is 2.28 bits per heavy atom. The molecule has 0 amide bonds. The first-order chi connectivity index (χ1) is 8.58. The molecule has 0 radical (unpaired) electrons. The van der Waals surface area contributed by atoms with Gasteiger partial charge in [-0.15, -0.1) is 0 Å². The van der Waals surface area contributed by atoms with E-state index in [9.17, 15) is 4.39 Å². The van der Waals surface area contributed by atoms with Gasteiger partial charge in [0.15, 0.2) is 0 Å². The molecule has 1 heterocycles. The van der Waals surface area contributed by atoms with Crippen molar-refractivity contribution in [2.45, 2.75) is 18.9 Å². The van der Waals surface area contributed by atoms with Crippen LogP contribution in [0.4, 0.5) is 4.39 Å². The van der Waals surface area contributed by atoms with E-state index in [1.807, 2.05) is 17.8 Å². The van der Waals surface area contributed by atoms with Gasteiger partial charge >= 0.3 is 0 Å². The van der Waals surface area contributed by atoms with E-state index in [2.05, 4.69) is 4.98 Å². The van der Waals surface area contributed by atoms with Crippen molar-refractivity contribution in [1.82, 2.24) is 9.55 Å². The first-order valence-corrected chi connectivity index (χ1v) is 6.12. The van der Waals surface area contributed by atoms with Crippen LogP contribution in [-0.4, -0.2) is 9.55 Å². The van der Waals surface area contributed by atoms with E-state index in [1.165, 1.54) is 6.07 Å². The topological polar surface area (TPSA) is 43.8 Å². The molecule has 2 rings (SSSR count). The van der Waals surface area contributed by atoms with Crippen molar-refractivity contribution < 1.29 is 4.39 Å². The maximum Gasteiger partial charge on any atom is 0.141 e. The second kappa shape index (κ2) is 5.50. The molecule has 0 aliphatic rings. The lowest BCUT2D eigenvalue weighted by atomic mass is 10.0. The SMILES string of the molecule is Cn1ccnc1CCC(N)c1ccc(F)c(Cl)c1. The summed E-state index contributed by atoms with van der Waals surface area (Å²) in [6, 6.07) is 4.43. The zero-order valence-electron chi connectivity index (χ0n) is 10.1. The Morgan fingerprint density at radius 1 is 1.50 bits per heavy atom. The molecule has 1 unspecified atom stereocenters. The van der Waals surface area contributed by atoms with Crippen molar-refractivity contribution in [2.24, 2.45) is 12.8 Å². The van der Waals surface area contributed by atoms with Crippen molar-refractivity contribution >= 4 is 11.6 Å². The van der Waals surface area contributed by atoms with Crippen LogP contribution in [0.25, 0.3) is 0 Å². The largest absolute Gasteiger partial charge is 0.338 e. The summed E-state index contributed by atoms with van der Waals surface area (Å²) in [5.41, 5.74) is 6.91.